The van der Waals surface area contributed by atoms with E-state index < -0.39 is 10.8 Å². The van der Waals surface area contributed by atoms with Crippen molar-refractivity contribution >= 4 is 35.0 Å². The molecule has 0 bridgehead atoms. The molecule has 25 heavy (non-hydrogen) atoms. The third-order valence-corrected chi connectivity index (χ3v) is 3.78. The Morgan fingerprint density at radius 3 is 2.56 bits per heavy atom. The van der Waals surface area contributed by atoms with Gasteiger partial charge in [-0.3, -0.25) is 14.9 Å². The van der Waals surface area contributed by atoms with Crippen molar-refractivity contribution in [1.82, 2.24) is 0 Å². The first-order valence-corrected chi connectivity index (χ1v) is 7.64. The van der Waals surface area contributed by atoms with E-state index in [1.807, 2.05) is 6.07 Å². The second-order valence-electron chi connectivity index (χ2n) is 5.39. The van der Waals surface area contributed by atoms with Gasteiger partial charge in [-0.05, 0) is 49.2 Å². The Morgan fingerprint density at radius 2 is 1.96 bits per heavy atom. The van der Waals surface area contributed by atoms with Crippen LogP contribution in [-0.2, 0) is 4.79 Å². The second kappa shape index (κ2) is 7.60. The summed E-state index contributed by atoms with van der Waals surface area (Å²) < 4.78 is 0. The van der Waals surface area contributed by atoms with E-state index >= 15 is 0 Å². The largest absolute Gasteiger partial charge is 0.321 e. The number of nitrogens with zero attached hydrogens (tertiary/aromatic N) is 2. The Bertz CT molecular complexity index is 930. The summed E-state index contributed by atoms with van der Waals surface area (Å²) >= 11 is 5.87. The Kier molecular flexibility index (Phi) is 5.52. The van der Waals surface area contributed by atoms with Crippen LogP contribution >= 0.6 is 11.6 Å². The molecule has 7 heteroatoms. The summed E-state index contributed by atoms with van der Waals surface area (Å²) in [7, 11) is 0. The molecular weight excluding hydrogens is 342 g/mol. The highest BCUT2D eigenvalue weighted by Gasteiger charge is 2.14. The highest BCUT2D eigenvalue weighted by atomic mass is 35.5. The van der Waals surface area contributed by atoms with E-state index in [1.54, 1.807) is 44.2 Å². The molecule has 6 nitrogen and oxygen atoms in total. The van der Waals surface area contributed by atoms with Gasteiger partial charge in [0, 0.05) is 22.3 Å². The van der Waals surface area contributed by atoms with Gasteiger partial charge in [0.1, 0.15) is 11.6 Å². The molecule has 0 atom stereocenters. The molecular formula is C18H14ClN3O3. The fraction of sp³-hybridized carbons (Fsp3) is 0.111. The van der Waals surface area contributed by atoms with Crippen molar-refractivity contribution in [2.24, 2.45) is 0 Å². The molecule has 1 amide bonds. The molecule has 0 saturated carbocycles. The lowest BCUT2D eigenvalue weighted by Gasteiger charge is -2.08. The van der Waals surface area contributed by atoms with Crippen LogP contribution in [0.25, 0.3) is 6.08 Å². The maximum Gasteiger partial charge on any atom is 0.272 e. The predicted molar refractivity (Wildman–Crippen MR) is 96.2 cm³/mol. The number of anilines is 1. The maximum absolute atomic E-state index is 12.3. The first-order valence-electron chi connectivity index (χ1n) is 7.26. The first-order chi connectivity index (χ1) is 11.8. The van der Waals surface area contributed by atoms with Crippen molar-refractivity contribution in [3.8, 4) is 6.07 Å². The highest BCUT2D eigenvalue weighted by molar-refractivity contribution is 6.30. The van der Waals surface area contributed by atoms with E-state index in [2.05, 4.69) is 5.32 Å². The van der Waals surface area contributed by atoms with Gasteiger partial charge in [-0.1, -0.05) is 23.7 Å². The summed E-state index contributed by atoms with van der Waals surface area (Å²) in [6.45, 7) is 3.40. The molecule has 0 saturated heterocycles. The molecule has 2 rings (SSSR count). The number of carbonyl (C=O) groups is 1. The van der Waals surface area contributed by atoms with E-state index in [0.29, 0.717) is 21.8 Å². The summed E-state index contributed by atoms with van der Waals surface area (Å²) in [5.41, 5.74) is 1.96. The van der Waals surface area contributed by atoms with Gasteiger partial charge < -0.3 is 5.32 Å². The molecule has 0 heterocycles. The first kappa shape index (κ1) is 18.2. The number of rotatable bonds is 4. The minimum absolute atomic E-state index is 0.0695. The van der Waals surface area contributed by atoms with Crippen LogP contribution in [0.15, 0.2) is 42.0 Å². The van der Waals surface area contributed by atoms with Crippen LogP contribution in [0.4, 0.5) is 11.4 Å². The molecule has 0 fully saturated rings. The molecule has 126 valence electrons. The summed E-state index contributed by atoms with van der Waals surface area (Å²) in [5, 5.41) is 23.4. The fourth-order valence-corrected chi connectivity index (χ4v) is 2.41. The minimum Gasteiger partial charge on any atom is -0.321 e. The van der Waals surface area contributed by atoms with E-state index in [1.165, 1.54) is 12.1 Å². The lowest BCUT2D eigenvalue weighted by Crippen LogP contribution is -2.14. The molecule has 0 unspecified atom stereocenters. The number of carbonyl (C=O) groups excluding carboxylic acids is 1. The highest BCUT2D eigenvalue weighted by Crippen LogP contribution is 2.22. The summed E-state index contributed by atoms with van der Waals surface area (Å²) in [5.74, 6) is -0.601. The molecule has 1 N–H and O–H groups in total. The Morgan fingerprint density at radius 1 is 1.24 bits per heavy atom. The number of aryl methyl sites for hydroxylation is 2. The van der Waals surface area contributed by atoms with Gasteiger partial charge in [0.05, 0.1) is 4.92 Å². The van der Waals surface area contributed by atoms with E-state index in [-0.39, 0.29) is 11.3 Å². The third kappa shape index (κ3) is 4.43. The van der Waals surface area contributed by atoms with Gasteiger partial charge in [0.2, 0.25) is 0 Å². The van der Waals surface area contributed by atoms with Crippen LogP contribution < -0.4 is 5.32 Å². The Balaban J connectivity index is 2.31. The van der Waals surface area contributed by atoms with Crippen molar-refractivity contribution in [1.29, 1.82) is 5.26 Å². The SMILES string of the molecule is Cc1cc(Cl)ccc1NC(=O)/C(C#N)=C/c1ccc(C)c([N+](=O)[O-])c1. The number of amides is 1. The number of halogens is 1. The van der Waals surface area contributed by atoms with Crippen LogP contribution in [0, 0.1) is 35.3 Å². The van der Waals surface area contributed by atoms with Crippen LogP contribution in [0.3, 0.4) is 0 Å². The van der Waals surface area contributed by atoms with Crippen molar-refractivity contribution in [3.63, 3.8) is 0 Å². The van der Waals surface area contributed by atoms with Crippen LogP contribution in [0.1, 0.15) is 16.7 Å². The monoisotopic (exact) mass is 355 g/mol. The zero-order chi connectivity index (χ0) is 18.6. The fourth-order valence-electron chi connectivity index (χ4n) is 2.19. The molecule has 2 aromatic carbocycles. The molecule has 0 aliphatic carbocycles. The summed E-state index contributed by atoms with van der Waals surface area (Å²) in [4.78, 5) is 22.8. The van der Waals surface area contributed by atoms with E-state index in [9.17, 15) is 20.2 Å². The van der Waals surface area contributed by atoms with Crippen molar-refractivity contribution in [2.45, 2.75) is 13.8 Å². The summed E-state index contributed by atoms with van der Waals surface area (Å²) in [6, 6.07) is 11.3. The quantitative estimate of drug-likeness (QED) is 0.380. The van der Waals surface area contributed by atoms with Crippen LogP contribution in [-0.4, -0.2) is 10.8 Å². The molecule has 0 aliphatic rings. The Hall–Kier alpha value is -3.17. The van der Waals surface area contributed by atoms with Crippen LogP contribution in [0.2, 0.25) is 5.02 Å². The maximum atomic E-state index is 12.3. The zero-order valence-corrected chi connectivity index (χ0v) is 14.3. The topological polar surface area (TPSA) is 96.0 Å². The van der Waals surface area contributed by atoms with Crippen molar-refractivity contribution in [2.75, 3.05) is 5.32 Å². The lowest BCUT2D eigenvalue weighted by molar-refractivity contribution is -0.385. The Labute approximate surface area is 149 Å². The molecule has 2 aromatic rings. The average molecular weight is 356 g/mol. The lowest BCUT2D eigenvalue weighted by atomic mass is 10.1. The van der Waals surface area contributed by atoms with Gasteiger partial charge in [-0.15, -0.1) is 0 Å². The predicted octanol–water partition coefficient (Wildman–Crippen LogP) is 4.41. The number of nitriles is 1. The normalized spacial score (nSPS) is 10.9. The van der Waals surface area contributed by atoms with Crippen molar-refractivity contribution < 1.29 is 9.72 Å². The minimum atomic E-state index is -0.601. The number of nitro benzene ring substituents is 1. The number of hydrogen-bond donors (Lipinski definition) is 1. The molecule has 0 aliphatic heterocycles. The van der Waals surface area contributed by atoms with Crippen LogP contribution in [0.5, 0.6) is 0 Å². The third-order valence-electron chi connectivity index (χ3n) is 3.54. The smallest absolute Gasteiger partial charge is 0.272 e. The van der Waals surface area contributed by atoms with Gasteiger partial charge in [-0.25, -0.2) is 0 Å². The molecule has 0 radical (unpaired) electrons. The number of nitrogens with one attached hydrogen (secondary N) is 1. The number of benzene rings is 2. The van der Waals surface area contributed by atoms with Gasteiger partial charge >= 0.3 is 0 Å². The van der Waals surface area contributed by atoms with E-state index in [4.69, 9.17) is 11.6 Å². The standard InChI is InChI=1S/C18H14ClN3O3/c1-11-3-4-13(9-17(11)22(24)25)8-14(10-20)18(23)21-16-6-5-15(19)7-12(16)2/h3-9H,1-2H3,(H,21,23)/b14-8+. The molecule has 0 aromatic heterocycles. The summed E-state index contributed by atoms with van der Waals surface area (Å²) in [6.07, 6.45) is 1.31. The van der Waals surface area contributed by atoms with Gasteiger partial charge in [0.25, 0.3) is 11.6 Å². The van der Waals surface area contributed by atoms with E-state index in [0.717, 1.165) is 5.56 Å². The molecule has 0 spiro atoms. The number of hydrogen-bond acceptors (Lipinski definition) is 4. The van der Waals surface area contributed by atoms with Gasteiger partial charge in [0.15, 0.2) is 0 Å². The average Bonchev–Trinajstić information content (AvgIpc) is 2.56. The number of nitro groups is 1. The zero-order valence-electron chi connectivity index (χ0n) is 13.5. The van der Waals surface area contributed by atoms with Crippen molar-refractivity contribution in [3.05, 3.63) is 73.8 Å². The second-order valence-corrected chi connectivity index (χ2v) is 5.82. The van der Waals surface area contributed by atoms with Gasteiger partial charge in [-0.2, -0.15) is 5.26 Å².